The Bertz CT molecular complexity index is 1080. The van der Waals surface area contributed by atoms with E-state index in [1.54, 1.807) is 12.1 Å². The number of nitrogens with one attached hydrogen (secondary N) is 1. The summed E-state index contributed by atoms with van der Waals surface area (Å²) in [4.78, 5) is 16.4. The number of hydrogen-bond acceptors (Lipinski definition) is 3. The summed E-state index contributed by atoms with van der Waals surface area (Å²) in [6.07, 6.45) is 3.40. The smallest absolute Gasteiger partial charge is 0.253 e. The van der Waals surface area contributed by atoms with E-state index in [4.69, 9.17) is 16.7 Å². The lowest BCUT2D eigenvalue weighted by Gasteiger charge is -2.05. The topological polar surface area (TPSA) is 59.8 Å². The Balaban J connectivity index is 1.62. The maximum absolute atomic E-state index is 12.4. The fourth-order valence-electron chi connectivity index (χ4n) is 2.88. The van der Waals surface area contributed by atoms with Gasteiger partial charge in [-0.25, -0.2) is 9.67 Å². The van der Waals surface area contributed by atoms with Crippen molar-refractivity contribution in [1.82, 2.24) is 20.1 Å². The van der Waals surface area contributed by atoms with Crippen LogP contribution >= 0.6 is 11.6 Å². The van der Waals surface area contributed by atoms with E-state index in [1.807, 2.05) is 71.5 Å². The van der Waals surface area contributed by atoms with Crippen LogP contribution in [0.4, 0.5) is 0 Å². The molecule has 0 aliphatic heterocycles. The van der Waals surface area contributed by atoms with E-state index >= 15 is 0 Å². The van der Waals surface area contributed by atoms with Gasteiger partial charge in [-0.2, -0.15) is 5.10 Å². The number of benzene rings is 2. The molecule has 28 heavy (non-hydrogen) atoms. The quantitative estimate of drug-likeness (QED) is 0.511. The first-order valence-corrected chi connectivity index (χ1v) is 9.17. The van der Waals surface area contributed by atoms with Gasteiger partial charge >= 0.3 is 0 Å². The number of carbonyl (C=O) groups is 1. The van der Waals surface area contributed by atoms with Crippen molar-refractivity contribution < 1.29 is 4.79 Å². The predicted octanol–water partition coefficient (Wildman–Crippen LogP) is 4.52. The van der Waals surface area contributed by atoms with E-state index in [0.717, 1.165) is 22.5 Å². The third-order valence-corrected chi connectivity index (χ3v) is 4.51. The zero-order valence-corrected chi connectivity index (χ0v) is 15.7. The zero-order valence-electron chi connectivity index (χ0n) is 14.9. The maximum atomic E-state index is 12.4. The highest BCUT2D eigenvalue weighted by Gasteiger charge is 2.14. The molecule has 0 saturated heterocycles. The summed E-state index contributed by atoms with van der Waals surface area (Å²) in [7, 11) is 0. The van der Waals surface area contributed by atoms with Crippen LogP contribution in [0.5, 0.6) is 0 Å². The molecule has 5 nitrogen and oxygen atoms in total. The molecule has 138 valence electrons. The lowest BCUT2D eigenvalue weighted by molar-refractivity contribution is 0.0950. The first kappa shape index (κ1) is 17.9. The van der Waals surface area contributed by atoms with Crippen LogP contribution in [0, 0.1) is 0 Å². The Hall–Kier alpha value is -3.44. The lowest BCUT2D eigenvalue weighted by Crippen LogP contribution is -2.23. The van der Waals surface area contributed by atoms with Crippen molar-refractivity contribution in [1.29, 1.82) is 0 Å². The van der Waals surface area contributed by atoms with Crippen LogP contribution in [0.25, 0.3) is 16.9 Å². The van der Waals surface area contributed by atoms with Crippen LogP contribution in [0.2, 0.25) is 5.15 Å². The Kier molecular flexibility index (Phi) is 5.17. The van der Waals surface area contributed by atoms with Crippen molar-refractivity contribution in [2.45, 2.75) is 6.54 Å². The van der Waals surface area contributed by atoms with Gasteiger partial charge < -0.3 is 5.32 Å². The van der Waals surface area contributed by atoms with Gasteiger partial charge in [0.25, 0.3) is 5.91 Å². The van der Waals surface area contributed by atoms with Gasteiger partial charge in [0.2, 0.25) is 0 Å². The Morgan fingerprint density at radius 1 is 0.964 bits per heavy atom. The van der Waals surface area contributed by atoms with E-state index in [0.29, 0.717) is 17.3 Å². The second kappa shape index (κ2) is 8.06. The second-order valence-electron chi connectivity index (χ2n) is 6.20. The molecule has 1 N–H and O–H groups in total. The van der Waals surface area contributed by atoms with Gasteiger partial charge in [-0.15, -0.1) is 0 Å². The summed E-state index contributed by atoms with van der Waals surface area (Å²) < 4.78 is 1.83. The molecule has 0 aliphatic rings. The molecule has 0 saturated carbocycles. The molecule has 6 heteroatoms. The molecule has 0 aliphatic carbocycles. The van der Waals surface area contributed by atoms with Crippen molar-refractivity contribution in [3.63, 3.8) is 0 Å². The third-order valence-electron chi connectivity index (χ3n) is 4.29. The Morgan fingerprint density at radius 2 is 1.68 bits per heavy atom. The minimum Gasteiger partial charge on any atom is -0.348 e. The third kappa shape index (κ3) is 3.94. The number of aromatic nitrogens is 3. The normalized spacial score (nSPS) is 10.6. The van der Waals surface area contributed by atoms with Gasteiger partial charge in [0.1, 0.15) is 5.15 Å². The number of hydrogen-bond donors (Lipinski definition) is 1. The predicted molar refractivity (Wildman–Crippen MR) is 109 cm³/mol. The van der Waals surface area contributed by atoms with Crippen molar-refractivity contribution in [3.8, 4) is 16.9 Å². The van der Waals surface area contributed by atoms with Crippen LogP contribution in [0.3, 0.4) is 0 Å². The summed E-state index contributed by atoms with van der Waals surface area (Å²) in [5, 5.41) is 8.04. The van der Waals surface area contributed by atoms with E-state index in [1.165, 1.54) is 6.20 Å². The number of carbonyl (C=O) groups excluding carboxylic acids is 1. The molecule has 0 radical (unpaired) electrons. The molecule has 2 heterocycles. The molecule has 1 amide bonds. The standard InChI is InChI=1S/C22H17ClN4O/c23-20-12-11-17(13-24-20)22(28)25-14-18-15-27(19-9-5-2-6-10-19)26-21(18)16-7-3-1-4-8-16/h1-13,15H,14H2,(H,25,28). The molecular formula is C22H17ClN4O. The van der Waals surface area contributed by atoms with Gasteiger partial charge in [0.05, 0.1) is 16.9 Å². The van der Waals surface area contributed by atoms with Crippen LogP contribution in [-0.2, 0) is 6.54 Å². The molecule has 0 spiro atoms. The molecule has 0 bridgehead atoms. The monoisotopic (exact) mass is 388 g/mol. The average Bonchev–Trinajstić information content (AvgIpc) is 3.18. The Labute approximate surface area is 167 Å². The summed E-state index contributed by atoms with van der Waals surface area (Å²) in [5.41, 5.74) is 4.17. The molecule has 4 aromatic rings. The minimum atomic E-state index is -0.212. The molecule has 0 atom stereocenters. The fourth-order valence-corrected chi connectivity index (χ4v) is 2.99. The molecular weight excluding hydrogens is 372 g/mol. The second-order valence-corrected chi connectivity index (χ2v) is 6.59. The number of nitrogens with zero attached hydrogens (tertiary/aromatic N) is 3. The Morgan fingerprint density at radius 3 is 2.36 bits per heavy atom. The molecule has 2 aromatic carbocycles. The molecule has 4 rings (SSSR count). The number of halogens is 1. The van der Waals surface area contributed by atoms with Crippen molar-refractivity contribution in [2.75, 3.05) is 0 Å². The number of rotatable bonds is 5. The van der Waals surface area contributed by atoms with Crippen LogP contribution in [0.15, 0.2) is 85.2 Å². The highest BCUT2D eigenvalue weighted by atomic mass is 35.5. The van der Waals surface area contributed by atoms with Gasteiger partial charge in [-0.3, -0.25) is 4.79 Å². The van der Waals surface area contributed by atoms with E-state index in [2.05, 4.69) is 10.3 Å². The highest BCUT2D eigenvalue weighted by Crippen LogP contribution is 2.23. The SMILES string of the molecule is O=C(NCc1cn(-c2ccccc2)nc1-c1ccccc1)c1ccc(Cl)nc1. The minimum absolute atomic E-state index is 0.212. The number of amides is 1. The summed E-state index contributed by atoms with van der Waals surface area (Å²) in [6.45, 7) is 0.346. The summed E-state index contributed by atoms with van der Waals surface area (Å²) in [5.74, 6) is -0.212. The first-order chi connectivity index (χ1) is 13.7. The van der Waals surface area contributed by atoms with E-state index < -0.39 is 0 Å². The summed E-state index contributed by atoms with van der Waals surface area (Å²) in [6, 6.07) is 23.0. The average molecular weight is 389 g/mol. The van der Waals surface area contributed by atoms with Gasteiger partial charge in [-0.1, -0.05) is 60.1 Å². The molecule has 0 unspecified atom stereocenters. The van der Waals surface area contributed by atoms with Crippen molar-refractivity contribution in [3.05, 3.63) is 101 Å². The highest BCUT2D eigenvalue weighted by molar-refractivity contribution is 6.29. The first-order valence-electron chi connectivity index (χ1n) is 8.80. The maximum Gasteiger partial charge on any atom is 0.253 e. The molecule has 2 aromatic heterocycles. The number of pyridine rings is 1. The van der Waals surface area contributed by atoms with Crippen molar-refractivity contribution in [2.24, 2.45) is 0 Å². The van der Waals surface area contributed by atoms with Crippen LogP contribution in [-0.4, -0.2) is 20.7 Å². The van der Waals surface area contributed by atoms with Gasteiger partial charge in [-0.05, 0) is 24.3 Å². The largest absolute Gasteiger partial charge is 0.348 e. The molecule has 0 fully saturated rings. The summed E-state index contributed by atoms with van der Waals surface area (Å²) >= 11 is 5.79. The van der Waals surface area contributed by atoms with Gasteiger partial charge in [0, 0.05) is 30.1 Å². The van der Waals surface area contributed by atoms with Crippen molar-refractivity contribution >= 4 is 17.5 Å². The fraction of sp³-hybridized carbons (Fsp3) is 0.0455. The zero-order chi connectivity index (χ0) is 19.3. The van der Waals surface area contributed by atoms with Gasteiger partial charge in [0.15, 0.2) is 0 Å². The van der Waals surface area contributed by atoms with E-state index in [9.17, 15) is 4.79 Å². The number of para-hydroxylation sites is 1. The van der Waals surface area contributed by atoms with Crippen LogP contribution < -0.4 is 5.32 Å². The lowest BCUT2D eigenvalue weighted by atomic mass is 10.1. The van der Waals surface area contributed by atoms with Crippen LogP contribution in [0.1, 0.15) is 15.9 Å². The van der Waals surface area contributed by atoms with E-state index in [-0.39, 0.29) is 5.91 Å².